The van der Waals surface area contributed by atoms with Crippen LogP contribution in [0.15, 0.2) is 77.1 Å². The van der Waals surface area contributed by atoms with Gasteiger partial charge in [0.1, 0.15) is 23.0 Å². The van der Waals surface area contributed by atoms with Gasteiger partial charge in [-0.25, -0.2) is 17.7 Å². The van der Waals surface area contributed by atoms with Gasteiger partial charge >= 0.3 is 6.18 Å². The molecule has 0 saturated carbocycles. The fourth-order valence-electron chi connectivity index (χ4n) is 3.65. The van der Waals surface area contributed by atoms with E-state index in [0.717, 1.165) is 27.8 Å². The van der Waals surface area contributed by atoms with Gasteiger partial charge in [-0.15, -0.1) is 11.3 Å². The van der Waals surface area contributed by atoms with Crippen LogP contribution in [0, 0.1) is 6.92 Å². The van der Waals surface area contributed by atoms with Gasteiger partial charge in [-0.3, -0.25) is 0 Å². The monoisotopic (exact) mass is 564 g/mol. The van der Waals surface area contributed by atoms with E-state index in [9.17, 15) is 21.6 Å². The second kappa shape index (κ2) is 10.9. The van der Waals surface area contributed by atoms with E-state index in [2.05, 4.69) is 4.98 Å². The molecular weight excluding hydrogens is 541 g/mol. The zero-order chi connectivity index (χ0) is 27.5. The molecule has 0 amide bonds. The number of hydrogen-bond donors (Lipinski definition) is 0. The predicted octanol–water partition coefficient (Wildman–Crippen LogP) is 6.68. The Balaban J connectivity index is 1.63. The molecule has 3 aromatic carbocycles. The smallest absolute Gasteiger partial charge is 0.416 e. The van der Waals surface area contributed by atoms with Crippen LogP contribution in [0.3, 0.4) is 0 Å². The third-order valence-corrected chi connectivity index (χ3v) is 8.13. The standard InChI is InChI=1S/C26H23F3N2O5S2/c1-17-12-19(26(27,28)29)14-22(13-17)36-20-6-8-23(9-7-20)38(32,33)31(25-30-10-11-37-25)16-18-4-5-21(34-2)15-24(18)35-3/h4-15H,16H2,1-3H3. The number of methoxy groups -OCH3 is 2. The molecule has 4 rings (SSSR count). The fourth-order valence-corrected chi connectivity index (χ4v) is 5.91. The number of thiazole rings is 1. The van der Waals surface area contributed by atoms with Crippen molar-refractivity contribution >= 4 is 26.5 Å². The van der Waals surface area contributed by atoms with E-state index in [1.165, 1.54) is 57.7 Å². The largest absolute Gasteiger partial charge is 0.497 e. The maximum atomic E-state index is 13.7. The molecule has 0 atom stereocenters. The maximum Gasteiger partial charge on any atom is 0.416 e. The molecule has 0 radical (unpaired) electrons. The van der Waals surface area contributed by atoms with Crippen molar-refractivity contribution in [2.45, 2.75) is 24.5 Å². The summed E-state index contributed by atoms with van der Waals surface area (Å²) in [6.07, 6.45) is -3.02. The number of aromatic nitrogens is 1. The van der Waals surface area contributed by atoms with E-state index in [-0.39, 0.29) is 28.1 Å². The van der Waals surface area contributed by atoms with Gasteiger partial charge in [0.2, 0.25) is 0 Å². The van der Waals surface area contributed by atoms with E-state index in [1.807, 2.05) is 0 Å². The van der Waals surface area contributed by atoms with E-state index in [0.29, 0.717) is 22.6 Å². The van der Waals surface area contributed by atoms with E-state index >= 15 is 0 Å². The lowest BCUT2D eigenvalue weighted by Crippen LogP contribution is -2.30. The third kappa shape index (κ3) is 6.03. The topological polar surface area (TPSA) is 78.0 Å². The van der Waals surface area contributed by atoms with Crippen molar-refractivity contribution in [3.05, 3.63) is 88.9 Å². The third-order valence-electron chi connectivity index (χ3n) is 5.47. The minimum atomic E-state index is -4.52. The number of rotatable bonds is 9. The molecule has 0 aliphatic heterocycles. The van der Waals surface area contributed by atoms with Crippen LogP contribution in [0.25, 0.3) is 0 Å². The van der Waals surface area contributed by atoms with Crippen LogP contribution in [0.2, 0.25) is 0 Å². The lowest BCUT2D eigenvalue weighted by atomic mass is 10.1. The predicted molar refractivity (Wildman–Crippen MR) is 138 cm³/mol. The molecule has 38 heavy (non-hydrogen) atoms. The van der Waals surface area contributed by atoms with Crippen LogP contribution < -0.4 is 18.5 Å². The summed E-state index contributed by atoms with van der Waals surface area (Å²) < 4.78 is 84.3. The van der Waals surface area contributed by atoms with E-state index in [1.54, 1.807) is 23.6 Å². The number of ether oxygens (including phenoxy) is 3. The summed E-state index contributed by atoms with van der Waals surface area (Å²) in [6, 6.07) is 13.9. The Bertz CT molecular complexity index is 1510. The Morgan fingerprint density at radius 1 is 0.921 bits per heavy atom. The molecule has 0 unspecified atom stereocenters. The first kappa shape index (κ1) is 27.3. The Morgan fingerprint density at radius 2 is 1.63 bits per heavy atom. The molecule has 0 bridgehead atoms. The fraction of sp³-hybridized carbons (Fsp3) is 0.192. The minimum Gasteiger partial charge on any atom is -0.497 e. The number of benzene rings is 3. The highest BCUT2D eigenvalue weighted by atomic mass is 32.2. The van der Waals surface area contributed by atoms with Crippen molar-refractivity contribution < 1.29 is 35.8 Å². The highest BCUT2D eigenvalue weighted by Gasteiger charge is 2.31. The first-order chi connectivity index (χ1) is 18.0. The summed E-state index contributed by atoms with van der Waals surface area (Å²) in [4.78, 5) is 4.14. The molecule has 1 aromatic heterocycles. The van der Waals surface area contributed by atoms with Gasteiger partial charge in [0.05, 0.1) is 31.2 Å². The lowest BCUT2D eigenvalue weighted by Gasteiger charge is -2.23. The van der Waals surface area contributed by atoms with Gasteiger partial charge in [0.15, 0.2) is 5.13 Å². The Kier molecular flexibility index (Phi) is 7.83. The van der Waals surface area contributed by atoms with Gasteiger partial charge in [-0.1, -0.05) is 0 Å². The number of alkyl halides is 3. The van der Waals surface area contributed by atoms with Crippen molar-refractivity contribution in [1.82, 2.24) is 4.98 Å². The van der Waals surface area contributed by atoms with Gasteiger partial charge in [0, 0.05) is 23.2 Å². The van der Waals surface area contributed by atoms with Gasteiger partial charge < -0.3 is 14.2 Å². The summed E-state index contributed by atoms with van der Waals surface area (Å²) in [5.41, 5.74) is 0.133. The molecule has 12 heteroatoms. The highest BCUT2D eigenvalue weighted by Crippen LogP contribution is 2.35. The average molecular weight is 565 g/mol. The van der Waals surface area contributed by atoms with Crippen LogP contribution in [-0.2, 0) is 22.7 Å². The summed E-state index contributed by atoms with van der Waals surface area (Å²) in [7, 11) is -1.10. The zero-order valence-corrected chi connectivity index (χ0v) is 22.2. The van der Waals surface area contributed by atoms with Crippen LogP contribution in [0.1, 0.15) is 16.7 Å². The summed E-state index contributed by atoms with van der Waals surface area (Å²) in [5.74, 6) is 1.17. The normalized spacial score (nSPS) is 11.7. The summed E-state index contributed by atoms with van der Waals surface area (Å²) in [6.45, 7) is 1.47. The molecule has 0 spiro atoms. The van der Waals surface area contributed by atoms with Crippen LogP contribution in [0.5, 0.6) is 23.0 Å². The molecule has 4 aromatic rings. The van der Waals surface area contributed by atoms with Gasteiger partial charge in [-0.05, 0) is 67.1 Å². The van der Waals surface area contributed by atoms with Crippen molar-refractivity contribution in [3.63, 3.8) is 0 Å². The minimum absolute atomic E-state index is 0.0102. The number of sulfonamides is 1. The zero-order valence-electron chi connectivity index (χ0n) is 20.5. The van der Waals surface area contributed by atoms with Crippen LogP contribution in [-0.4, -0.2) is 27.6 Å². The van der Waals surface area contributed by atoms with Gasteiger partial charge in [-0.2, -0.15) is 13.2 Å². The van der Waals surface area contributed by atoms with Crippen LogP contribution in [0.4, 0.5) is 18.3 Å². The molecule has 1 heterocycles. The first-order valence-electron chi connectivity index (χ1n) is 11.1. The van der Waals surface area contributed by atoms with Gasteiger partial charge in [0.25, 0.3) is 10.0 Å². The molecular formula is C26H23F3N2O5S2. The molecule has 0 saturated heterocycles. The summed E-state index contributed by atoms with van der Waals surface area (Å²) >= 11 is 1.16. The van der Waals surface area contributed by atoms with Crippen molar-refractivity contribution in [2.24, 2.45) is 0 Å². The number of aryl methyl sites for hydroxylation is 1. The Hall–Kier alpha value is -3.77. The Labute approximate surface area is 222 Å². The molecule has 0 N–H and O–H groups in total. The molecule has 0 aliphatic rings. The number of anilines is 1. The maximum absolute atomic E-state index is 13.7. The van der Waals surface area contributed by atoms with Crippen molar-refractivity contribution in [3.8, 4) is 23.0 Å². The van der Waals surface area contributed by atoms with Crippen molar-refractivity contribution in [1.29, 1.82) is 0 Å². The second-order valence-electron chi connectivity index (χ2n) is 8.11. The first-order valence-corrected chi connectivity index (χ1v) is 13.4. The molecule has 0 fully saturated rings. The lowest BCUT2D eigenvalue weighted by molar-refractivity contribution is -0.137. The SMILES string of the molecule is COc1ccc(CN(c2nccs2)S(=O)(=O)c2ccc(Oc3cc(C)cc(C(F)(F)F)c3)cc2)c(OC)c1. The average Bonchev–Trinajstić information content (AvgIpc) is 3.41. The Morgan fingerprint density at radius 3 is 2.24 bits per heavy atom. The van der Waals surface area contributed by atoms with Crippen LogP contribution >= 0.6 is 11.3 Å². The second-order valence-corrected chi connectivity index (χ2v) is 10.8. The molecule has 200 valence electrons. The number of halogens is 3. The summed E-state index contributed by atoms with van der Waals surface area (Å²) in [5, 5.41) is 1.92. The number of nitrogens with zero attached hydrogens (tertiary/aromatic N) is 2. The van der Waals surface area contributed by atoms with E-state index < -0.39 is 21.8 Å². The molecule has 0 aliphatic carbocycles. The number of hydrogen-bond acceptors (Lipinski definition) is 7. The van der Waals surface area contributed by atoms with Crippen molar-refractivity contribution in [2.75, 3.05) is 18.5 Å². The quantitative estimate of drug-likeness (QED) is 0.226. The molecule has 7 nitrogen and oxygen atoms in total. The van der Waals surface area contributed by atoms with E-state index in [4.69, 9.17) is 14.2 Å². The highest BCUT2D eigenvalue weighted by molar-refractivity contribution is 7.93.